The number of carbonyl (C=O) groups excluding carboxylic acids is 1. The summed E-state index contributed by atoms with van der Waals surface area (Å²) in [5.74, 6) is -0.373. The van der Waals surface area contributed by atoms with Gasteiger partial charge in [0.1, 0.15) is 19.3 Å². The summed E-state index contributed by atoms with van der Waals surface area (Å²) in [6.45, 7) is 5.27. The monoisotopic (exact) mass is 988 g/mol. The lowest BCUT2D eigenvalue weighted by molar-refractivity contribution is -0.870. The van der Waals surface area contributed by atoms with E-state index in [-0.39, 0.29) is 32.2 Å². The smallest absolute Gasteiger partial charge is 0.306 e. The van der Waals surface area contributed by atoms with E-state index < -0.39 is 13.9 Å². The number of carbonyl (C=O) groups is 1. The van der Waals surface area contributed by atoms with Gasteiger partial charge >= 0.3 is 5.97 Å². The quantitative estimate of drug-likeness (QED) is 0.0197. The normalized spacial score (nSPS) is 14.0. The molecule has 2 atom stereocenters. The second-order valence-electron chi connectivity index (χ2n) is 20.3. The van der Waals surface area contributed by atoms with E-state index in [1.165, 1.54) is 154 Å². The largest absolute Gasteiger partial charge is 0.756 e. The molecule has 0 N–H and O–H groups in total. The molecular formula is C60H110NO7P. The van der Waals surface area contributed by atoms with Crippen molar-refractivity contribution in [1.29, 1.82) is 0 Å². The van der Waals surface area contributed by atoms with Crippen molar-refractivity contribution in [2.75, 3.05) is 54.1 Å². The molecule has 0 aliphatic heterocycles. The number of hydrogen-bond donors (Lipinski definition) is 0. The van der Waals surface area contributed by atoms with Gasteiger partial charge in [0.25, 0.3) is 7.82 Å². The van der Waals surface area contributed by atoms with Crippen molar-refractivity contribution < 1.29 is 37.3 Å². The molecule has 2 unspecified atom stereocenters. The maximum absolute atomic E-state index is 12.8. The number of phosphoric ester groups is 1. The van der Waals surface area contributed by atoms with Crippen molar-refractivity contribution in [3.8, 4) is 0 Å². The van der Waals surface area contributed by atoms with Crippen LogP contribution in [-0.2, 0) is 27.9 Å². The Bertz CT molecular complexity index is 1330. The molecule has 0 aromatic carbocycles. The third kappa shape index (κ3) is 56.7. The maximum Gasteiger partial charge on any atom is 0.306 e. The molecule has 0 fully saturated rings. The second-order valence-corrected chi connectivity index (χ2v) is 21.7. The van der Waals surface area contributed by atoms with Gasteiger partial charge in [-0.3, -0.25) is 9.36 Å². The molecule has 0 saturated carbocycles. The number of rotatable bonds is 53. The highest BCUT2D eigenvalue weighted by Gasteiger charge is 2.20. The summed E-state index contributed by atoms with van der Waals surface area (Å²) in [6.07, 6.45) is 69.6. The Morgan fingerprint density at radius 1 is 0.464 bits per heavy atom. The van der Waals surface area contributed by atoms with Crippen molar-refractivity contribution in [3.63, 3.8) is 0 Å². The van der Waals surface area contributed by atoms with Crippen LogP contribution in [0.2, 0.25) is 0 Å². The SMILES string of the molecule is CC/C=C\C/C=C\C/C=C\C/C=C\C/C=C\C/C=C\CCCCC(=O)OC(COCCCCCCCCCCCCCCCCCCCCCCCCCCCC)COP(=O)([O-])OCC[N+](C)(C)C. The summed E-state index contributed by atoms with van der Waals surface area (Å²) in [4.78, 5) is 25.2. The predicted octanol–water partition coefficient (Wildman–Crippen LogP) is 17.5. The molecule has 0 amide bonds. The predicted molar refractivity (Wildman–Crippen MR) is 296 cm³/mol. The fourth-order valence-electron chi connectivity index (χ4n) is 7.91. The van der Waals surface area contributed by atoms with Crippen molar-refractivity contribution in [3.05, 3.63) is 72.9 Å². The number of hydrogen-bond acceptors (Lipinski definition) is 7. The highest BCUT2D eigenvalue weighted by atomic mass is 31.2. The van der Waals surface area contributed by atoms with E-state index in [9.17, 15) is 14.3 Å². The molecular weight excluding hydrogens is 878 g/mol. The molecule has 0 bridgehead atoms. The lowest BCUT2D eigenvalue weighted by Crippen LogP contribution is -2.37. The molecule has 0 radical (unpaired) electrons. The second kappa shape index (κ2) is 52.3. The third-order valence-electron chi connectivity index (χ3n) is 12.3. The molecule has 402 valence electrons. The standard InChI is InChI=1S/C60H110NO7P/c1-6-8-10-12-14-16-18-20-22-24-26-28-29-30-31-32-34-36-38-40-42-44-46-48-50-52-55-65-57-59(58-67-69(63,64)66-56-54-61(3,4)5)68-60(62)53-51-49-47-45-43-41-39-37-35-33-27-25-23-21-19-17-15-13-11-9-7-2/h9,11,15,17,21,23,27,33,37,39,43,45,59H,6-8,10,12-14,16,18-20,22,24-26,28-32,34-36,38,40-42,44,46-58H2,1-5H3/b11-9-,17-15-,23-21-,33-27-,39-37-,45-43-. The minimum Gasteiger partial charge on any atom is -0.756 e. The minimum atomic E-state index is -4.55. The summed E-state index contributed by atoms with van der Waals surface area (Å²) in [5, 5.41) is 0. The van der Waals surface area contributed by atoms with Crippen LogP contribution < -0.4 is 4.89 Å². The molecule has 0 saturated heterocycles. The van der Waals surface area contributed by atoms with Crippen LogP contribution >= 0.6 is 7.82 Å². The van der Waals surface area contributed by atoms with Gasteiger partial charge in [-0.2, -0.15) is 0 Å². The van der Waals surface area contributed by atoms with E-state index in [4.69, 9.17) is 18.5 Å². The zero-order valence-electron chi connectivity index (χ0n) is 45.7. The van der Waals surface area contributed by atoms with Gasteiger partial charge < -0.3 is 27.9 Å². The van der Waals surface area contributed by atoms with Crippen LogP contribution in [0.15, 0.2) is 72.9 Å². The zero-order chi connectivity index (χ0) is 50.5. The maximum atomic E-state index is 12.8. The minimum absolute atomic E-state index is 0.0155. The number of allylic oxidation sites excluding steroid dienone is 12. The van der Waals surface area contributed by atoms with Crippen molar-refractivity contribution >= 4 is 13.8 Å². The summed E-state index contributed by atoms with van der Waals surface area (Å²) in [7, 11) is 1.33. The molecule has 0 aromatic heterocycles. The lowest BCUT2D eigenvalue weighted by Gasteiger charge is -2.28. The number of esters is 1. The van der Waals surface area contributed by atoms with Gasteiger partial charge in [-0.15, -0.1) is 0 Å². The average Bonchev–Trinajstić information content (AvgIpc) is 3.31. The molecule has 69 heavy (non-hydrogen) atoms. The van der Waals surface area contributed by atoms with Crippen molar-refractivity contribution in [2.45, 2.75) is 251 Å². The molecule has 0 heterocycles. The lowest BCUT2D eigenvalue weighted by atomic mass is 10.0. The van der Waals surface area contributed by atoms with Crippen LogP contribution in [0.1, 0.15) is 245 Å². The Hall–Kier alpha value is -2.06. The first-order valence-electron chi connectivity index (χ1n) is 28.7. The number of nitrogens with zero attached hydrogens (tertiary/aromatic N) is 1. The molecule has 9 heteroatoms. The van der Waals surface area contributed by atoms with Crippen LogP contribution in [0.25, 0.3) is 0 Å². The topological polar surface area (TPSA) is 94.1 Å². The van der Waals surface area contributed by atoms with Gasteiger partial charge in [0.2, 0.25) is 0 Å². The van der Waals surface area contributed by atoms with E-state index in [1.807, 2.05) is 21.1 Å². The van der Waals surface area contributed by atoms with Crippen LogP contribution in [0, 0.1) is 0 Å². The Kier molecular flexibility index (Phi) is 50.7. The Morgan fingerprint density at radius 2 is 0.841 bits per heavy atom. The fourth-order valence-corrected chi connectivity index (χ4v) is 8.63. The molecule has 0 spiro atoms. The first-order chi connectivity index (χ1) is 33.6. The summed E-state index contributed by atoms with van der Waals surface area (Å²) >= 11 is 0. The van der Waals surface area contributed by atoms with Gasteiger partial charge in [0, 0.05) is 13.0 Å². The van der Waals surface area contributed by atoms with Crippen LogP contribution in [-0.4, -0.2) is 70.7 Å². The molecule has 8 nitrogen and oxygen atoms in total. The fraction of sp³-hybridized carbons (Fsp3) is 0.783. The van der Waals surface area contributed by atoms with E-state index in [2.05, 4.69) is 86.8 Å². The summed E-state index contributed by atoms with van der Waals surface area (Å²) < 4.78 is 34.8. The first-order valence-corrected chi connectivity index (χ1v) is 30.1. The number of unbranched alkanes of at least 4 members (excludes halogenated alkanes) is 27. The number of quaternary nitrogens is 1. The average molecular weight is 989 g/mol. The van der Waals surface area contributed by atoms with E-state index >= 15 is 0 Å². The highest BCUT2D eigenvalue weighted by Crippen LogP contribution is 2.38. The zero-order valence-corrected chi connectivity index (χ0v) is 46.6. The van der Waals surface area contributed by atoms with Crippen LogP contribution in [0.5, 0.6) is 0 Å². The number of ether oxygens (including phenoxy) is 2. The number of likely N-dealkylation sites (N-methyl/N-ethyl adjacent to an activating group) is 1. The highest BCUT2D eigenvalue weighted by molar-refractivity contribution is 7.45. The van der Waals surface area contributed by atoms with Gasteiger partial charge in [-0.1, -0.05) is 247 Å². The van der Waals surface area contributed by atoms with E-state index in [0.29, 0.717) is 24.1 Å². The molecule has 0 aliphatic rings. The number of phosphoric acid groups is 1. The van der Waals surface area contributed by atoms with Crippen molar-refractivity contribution in [1.82, 2.24) is 0 Å². The Labute approximate surface area is 427 Å². The van der Waals surface area contributed by atoms with Crippen molar-refractivity contribution in [2.24, 2.45) is 0 Å². The van der Waals surface area contributed by atoms with Crippen LogP contribution in [0.3, 0.4) is 0 Å². The summed E-state index contributed by atoms with van der Waals surface area (Å²) in [5.41, 5.74) is 0. The first kappa shape index (κ1) is 66.9. The van der Waals surface area contributed by atoms with Gasteiger partial charge in [0.15, 0.2) is 0 Å². The summed E-state index contributed by atoms with van der Waals surface area (Å²) in [6, 6.07) is 0. The Morgan fingerprint density at radius 3 is 1.23 bits per heavy atom. The van der Waals surface area contributed by atoms with Gasteiger partial charge in [0.05, 0.1) is 34.4 Å². The molecule has 0 aliphatic carbocycles. The van der Waals surface area contributed by atoms with E-state index in [0.717, 1.165) is 64.2 Å². The van der Waals surface area contributed by atoms with E-state index in [1.54, 1.807) is 0 Å². The molecule has 0 aromatic rings. The Balaban J connectivity index is 4.12. The molecule has 0 rings (SSSR count). The van der Waals surface area contributed by atoms with Crippen LogP contribution in [0.4, 0.5) is 0 Å². The third-order valence-corrected chi connectivity index (χ3v) is 13.2. The van der Waals surface area contributed by atoms with Gasteiger partial charge in [-0.05, 0) is 64.2 Å². The van der Waals surface area contributed by atoms with Gasteiger partial charge in [-0.25, -0.2) is 0 Å².